The summed E-state index contributed by atoms with van der Waals surface area (Å²) in [4.78, 5) is 14.8. The van der Waals surface area contributed by atoms with E-state index in [2.05, 4.69) is 34.5 Å². The molecule has 3 nitrogen and oxygen atoms in total. The minimum Gasteiger partial charge on any atom is -0.335 e. The molecule has 0 heterocycles. The maximum Gasteiger partial charge on any atom is 0.223 e. The second kappa shape index (κ2) is 8.83. The van der Waals surface area contributed by atoms with Crippen LogP contribution >= 0.6 is 0 Å². The lowest BCUT2D eigenvalue weighted by Gasteiger charge is -2.34. The molecule has 1 aliphatic carbocycles. The Labute approximate surface area is 128 Å². The summed E-state index contributed by atoms with van der Waals surface area (Å²) in [5.74, 6) is 0.320. The van der Waals surface area contributed by atoms with E-state index in [0.29, 0.717) is 18.4 Å². The summed E-state index contributed by atoms with van der Waals surface area (Å²) >= 11 is 0. The van der Waals surface area contributed by atoms with E-state index in [9.17, 15) is 4.79 Å². The summed E-state index contributed by atoms with van der Waals surface area (Å²) in [6, 6.07) is 10.8. The summed E-state index contributed by atoms with van der Waals surface area (Å²) in [6.07, 6.45) is 7.77. The Hall–Kier alpha value is -1.35. The highest BCUT2D eigenvalue weighted by Gasteiger charge is 2.24. The van der Waals surface area contributed by atoms with E-state index in [1.807, 2.05) is 13.1 Å². The van der Waals surface area contributed by atoms with E-state index in [1.54, 1.807) is 0 Å². The van der Waals surface area contributed by atoms with Crippen LogP contribution in [0.25, 0.3) is 0 Å². The zero-order valence-corrected chi connectivity index (χ0v) is 13.2. The molecule has 2 rings (SSSR count). The third-order valence-corrected chi connectivity index (χ3v) is 4.35. The van der Waals surface area contributed by atoms with E-state index in [-0.39, 0.29) is 0 Å². The lowest BCUT2D eigenvalue weighted by molar-refractivity contribution is -0.135. The Kier molecular flexibility index (Phi) is 6.74. The summed E-state index contributed by atoms with van der Waals surface area (Å²) in [5, 5.41) is 3.12. The van der Waals surface area contributed by atoms with E-state index in [1.165, 1.54) is 37.7 Å². The number of nitrogens with zero attached hydrogens (tertiary/aromatic N) is 1. The monoisotopic (exact) mass is 288 g/mol. The summed E-state index contributed by atoms with van der Waals surface area (Å²) < 4.78 is 0. The first-order valence-electron chi connectivity index (χ1n) is 8.29. The predicted molar refractivity (Wildman–Crippen MR) is 87.0 cm³/mol. The van der Waals surface area contributed by atoms with Crippen LogP contribution in [0.4, 0.5) is 0 Å². The van der Waals surface area contributed by atoms with Gasteiger partial charge in [-0.2, -0.15) is 0 Å². The number of hydrogen-bond acceptors (Lipinski definition) is 2. The van der Waals surface area contributed by atoms with E-state index >= 15 is 0 Å². The number of carbonyl (C=O) groups excluding carboxylic acids is 1. The fourth-order valence-electron chi connectivity index (χ4n) is 3.15. The summed E-state index contributed by atoms with van der Waals surface area (Å²) in [5.41, 5.74) is 1.24. The van der Waals surface area contributed by atoms with Crippen molar-refractivity contribution in [3.63, 3.8) is 0 Å². The molecule has 1 amide bonds. The number of carbonyl (C=O) groups is 1. The van der Waals surface area contributed by atoms with Gasteiger partial charge in [0.1, 0.15) is 0 Å². The number of nitrogens with one attached hydrogen (secondary N) is 1. The minimum atomic E-state index is 0.320. The fourth-order valence-corrected chi connectivity index (χ4v) is 3.15. The smallest absolute Gasteiger partial charge is 0.223 e. The van der Waals surface area contributed by atoms with Crippen molar-refractivity contribution in [1.82, 2.24) is 10.2 Å². The maximum atomic E-state index is 12.6. The average Bonchev–Trinajstić information content (AvgIpc) is 2.54. The molecule has 0 unspecified atom stereocenters. The zero-order chi connectivity index (χ0) is 14.9. The third kappa shape index (κ3) is 5.16. The van der Waals surface area contributed by atoms with Gasteiger partial charge in [0.25, 0.3) is 0 Å². The SMILES string of the molecule is CNCCCC(=O)N(Cc1ccccc1)C1CCCCC1. The lowest BCUT2D eigenvalue weighted by atomic mass is 9.93. The van der Waals surface area contributed by atoms with Gasteiger partial charge in [-0.05, 0) is 38.4 Å². The number of amides is 1. The van der Waals surface area contributed by atoms with Crippen molar-refractivity contribution in [2.75, 3.05) is 13.6 Å². The first-order valence-corrected chi connectivity index (χ1v) is 8.29. The predicted octanol–water partition coefficient (Wildman–Crippen LogP) is 3.35. The normalized spacial score (nSPS) is 15.9. The second-order valence-electron chi connectivity index (χ2n) is 6.01. The molecule has 1 fully saturated rings. The van der Waals surface area contributed by atoms with Gasteiger partial charge >= 0.3 is 0 Å². The van der Waals surface area contributed by atoms with Gasteiger partial charge in [0.05, 0.1) is 0 Å². The molecule has 0 atom stereocenters. The van der Waals surface area contributed by atoms with Crippen molar-refractivity contribution in [3.8, 4) is 0 Å². The molecule has 21 heavy (non-hydrogen) atoms. The fraction of sp³-hybridized carbons (Fsp3) is 0.611. The van der Waals surface area contributed by atoms with E-state index < -0.39 is 0 Å². The Balaban J connectivity index is 2.00. The maximum absolute atomic E-state index is 12.6. The molecule has 0 aromatic heterocycles. The topological polar surface area (TPSA) is 32.3 Å². The third-order valence-electron chi connectivity index (χ3n) is 4.35. The van der Waals surface area contributed by atoms with Gasteiger partial charge in [0, 0.05) is 19.0 Å². The molecular weight excluding hydrogens is 260 g/mol. The quantitative estimate of drug-likeness (QED) is 0.780. The summed E-state index contributed by atoms with van der Waals surface area (Å²) in [7, 11) is 1.94. The highest BCUT2D eigenvalue weighted by atomic mass is 16.2. The van der Waals surface area contributed by atoms with Gasteiger partial charge in [-0.3, -0.25) is 4.79 Å². The Bertz CT molecular complexity index is 412. The molecule has 1 aromatic rings. The first-order chi connectivity index (χ1) is 10.3. The summed E-state index contributed by atoms with van der Waals surface area (Å²) in [6.45, 7) is 1.68. The highest BCUT2D eigenvalue weighted by molar-refractivity contribution is 5.76. The van der Waals surface area contributed by atoms with Crippen molar-refractivity contribution in [1.29, 1.82) is 0 Å². The van der Waals surface area contributed by atoms with E-state index in [4.69, 9.17) is 0 Å². The van der Waals surface area contributed by atoms with Crippen molar-refractivity contribution >= 4 is 5.91 Å². The largest absolute Gasteiger partial charge is 0.335 e. The molecule has 0 aliphatic heterocycles. The lowest BCUT2D eigenvalue weighted by Crippen LogP contribution is -2.41. The van der Waals surface area contributed by atoms with Crippen LogP contribution in [-0.2, 0) is 11.3 Å². The van der Waals surface area contributed by atoms with Gasteiger partial charge < -0.3 is 10.2 Å². The Morgan fingerprint density at radius 2 is 1.90 bits per heavy atom. The molecule has 0 bridgehead atoms. The van der Waals surface area contributed by atoms with Gasteiger partial charge in [0.2, 0.25) is 5.91 Å². The molecule has 3 heteroatoms. The molecule has 0 radical (unpaired) electrons. The van der Waals surface area contributed by atoms with Gasteiger partial charge in [0.15, 0.2) is 0 Å². The second-order valence-corrected chi connectivity index (χ2v) is 6.01. The molecule has 0 spiro atoms. The number of rotatable bonds is 7. The van der Waals surface area contributed by atoms with Gasteiger partial charge in [-0.15, -0.1) is 0 Å². The van der Waals surface area contributed by atoms with Crippen LogP contribution in [0.2, 0.25) is 0 Å². The number of benzene rings is 1. The van der Waals surface area contributed by atoms with Crippen molar-refractivity contribution in [3.05, 3.63) is 35.9 Å². The molecular formula is C18H28N2O. The highest BCUT2D eigenvalue weighted by Crippen LogP contribution is 2.25. The number of hydrogen-bond donors (Lipinski definition) is 1. The molecule has 1 aliphatic rings. The van der Waals surface area contributed by atoms with Crippen molar-refractivity contribution in [2.24, 2.45) is 0 Å². The molecule has 1 N–H and O–H groups in total. The van der Waals surface area contributed by atoms with Crippen LogP contribution in [-0.4, -0.2) is 30.4 Å². The molecule has 0 saturated heterocycles. The van der Waals surface area contributed by atoms with E-state index in [0.717, 1.165) is 19.5 Å². The van der Waals surface area contributed by atoms with Crippen LogP contribution in [0.3, 0.4) is 0 Å². The first kappa shape index (κ1) is 16.0. The molecule has 116 valence electrons. The van der Waals surface area contributed by atoms with Gasteiger partial charge in [-0.1, -0.05) is 49.6 Å². The van der Waals surface area contributed by atoms with Crippen molar-refractivity contribution < 1.29 is 4.79 Å². The minimum absolute atomic E-state index is 0.320. The van der Waals surface area contributed by atoms with Crippen LogP contribution in [0.5, 0.6) is 0 Å². The van der Waals surface area contributed by atoms with Gasteiger partial charge in [-0.25, -0.2) is 0 Å². The van der Waals surface area contributed by atoms with Crippen LogP contribution in [0.1, 0.15) is 50.5 Å². The standard InChI is InChI=1S/C18H28N2O/c1-19-14-8-13-18(21)20(17-11-6-3-7-12-17)15-16-9-4-2-5-10-16/h2,4-5,9-10,17,19H,3,6-8,11-15H2,1H3. The zero-order valence-electron chi connectivity index (χ0n) is 13.2. The molecule has 1 aromatic carbocycles. The average molecular weight is 288 g/mol. The van der Waals surface area contributed by atoms with Crippen LogP contribution < -0.4 is 5.32 Å². The van der Waals surface area contributed by atoms with Crippen LogP contribution in [0, 0.1) is 0 Å². The van der Waals surface area contributed by atoms with Crippen molar-refractivity contribution in [2.45, 2.75) is 57.5 Å². The Morgan fingerprint density at radius 3 is 2.57 bits per heavy atom. The molecule has 1 saturated carbocycles. The van der Waals surface area contributed by atoms with Crippen LogP contribution in [0.15, 0.2) is 30.3 Å². The Morgan fingerprint density at radius 1 is 1.19 bits per heavy atom.